The van der Waals surface area contributed by atoms with E-state index in [-0.39, 0.29) is 11.4 Å². The van der Waals surface area contributed by atoms with Gasteiger partial charge in [-0.05, 0) is 28.6 Å². The summed E-state index contributed by atoms with van der Waals surface area (Å²) in [6.45, 7) is 1.91. The first kappa shape index (κ1) is 16.7. The Hall–Kier alpha value is -3.17. The summed E-state index contributed by atoms with van der Waals surface area (Å²) in [5.74, 6) is 0.0283. The van der Waals surface area contributed by atoms with Crippen molar-refractivity contribution in [3.05, 3.63) is 47.5 Å². The number of nitrogens with zero attached hydrogens (tertiary/aromatic N) is 6. The summed E-state index contributed by atoms with van der Waals surface area (Å²) in [6.07, 6.45) is -2.10. The van der Waals surface area contributed by atoms with E-state index in [9.17, 15) is 13.6 Å². The van der Waals surface area contributed by atoms with E-state index in [0.717, 1.165) is 10.7 Å². The molecule has 25 heavy (non-hydrogen) atoms. The van der Waals surface area contributed by atoms with Crippen molar-refractivity contribution in [1.82, 2.24) is 30.0 Å². The number of carbonyl (C=O) groups is 1. The Morgan fingerprint density at radius 1 is 1.32 bits per heavy atom. The zero-order chi connectivity index (χ0) is 18.0. The number of halogens is 2. The van der Waals surface area contributed by atoms with Crippen LogP contribution in [0.1, 0.15) is 35.4 Å². The fourth-order valence-corrected chi connectivity index (χ4v) is 2.36. The van der Waals surface area contributed by atoms with Gasteiger partial charge in [0.05, 0.1) is 11.4 Å². The lowest BCUT2D eigenvalue weighted by atomic mass is 10.2. The largest absolute Gasteiger partial charge is 0.319 e. The maximum Gasteiger partial charge on any atom is 0.280 e. The molecule has 0 saturated heterocycles. The summed E-state index contributed by atoms with van der Waals surface area (Å²) in [4.78, 5) is 12.4. The molecule has 3 rings (SSSR count). The highest BCUT2D eigenvalue weighted by atomic mass is 19.3. The van der Waals surface area contributed by atoms with Gasteiger partial charge in [0.2, 0.25) is 0 Å². The number of aryl methyl sites for hydroxylation is 2. The second kappa shape index (κ2) is 6.75. The summed E-state index contributed by atoms with van der Waals surface area (Å²) < 4.78 is 28.2. The van der Waals surface area contributed by atoms with E-state index in [1.807, 2.05) is 6.92 Å². The molecule has 10 heteroatoms. The highest BCUT2D eigenvalue weighted by molar-refractivity contribution is 6.04. The van der Waals surface area contributed by atoms with Gasteiger partial charge in [-0.1, -0.05) is 19.1 Å². The van der Waals surface area contributed by atoms with E-state index in [1.165, 1.54) is 11.7 Å². The minimum absolute atomic E-state index is 0.0972. The van der Waals surface area contributed by atoms with Crippen molar-refractivity contribution in [3.63, 3.8) is 0 Å². The molecule has 0 aliphatic rings. The Kier molecular flexibility index (Phi) is 4.50. The highest BCUT2D eigenvalue weighted by Gasteiger charge is 2.20. The molecule has 0 fully saturated rings. The van der Waals surface area contributed by atoms with Gasteiger partial charge in [-0.2, -0.15) is 9.78 Å². The van der Waals surface area contributed by atoms with Crippen molar-refractivity contribution < 1.29 is 13.6 Å². The van der Waals surface area contributed by atoms with Crippen molar-refractivity contribution in [3.8, 4) is 5.69 Å². The highest BCUT2D eigenvalue weighted by Crippen LogP contribution is 2.22. The van der Waals surface area contributed by atoms with Gasteiger partial charge in [-0.25, -0.2) is 8.78 Å². The molecule has 0 radical (unpaired) electrons. The van der Waals surface area contributed by atoms with Gasteiger partial charge >= 0.3 is 0 Å². The number of hydrogen-bond acceptors (Lipinski definition) is 5. The average Bonchev–Trinajstić information content (AvgIpc) is 3.21. The van der Waals surface area contributed by atoms with Gasteiger partial charge in [-0.3, -0.25) is 9.48 Å². The average molecular weight is 347 g/mol. The Morgan fingerprint density at radius 2 is 2.08 bits per heavy atom. The smallest absolute Gasteiger partial charge is 0.280 e. The van der Waals surface area contributed by atoms with Crippen LogP contribution in [0.25, 0.3) is 5.69 Å². The molecular formula is C15H15F2N7O. The number of benzene rings is 1. The SMILES string of the molecule is CCc1nnnn1-c1ccccc1NC(=O)c1cc(C(F)F)n(C)n1. The first-order valence-corrected chi connectivity index (χ1v) is 7.51. The number of aromatic nitrogens is 6. The molecule has 0 unspecified atom stereocenters. The predicted molar refractivity (Wildman–Crippen MR) is 84.7 cm³/mol. The Bertz CT molecular complexity index is 903. The second-order valence-electron chi connectivity index (χ2n) is 5.21. The molecule has 0 aliphatic heterocycles. The lowest BCUT2D eigenvalue weighted by molar-refractivity contribution is 0.102. The number of tetrazole rings is 1. The second-order valence-corrected chi connectivity index (χ2v) is 5.21. The van der Waals surface area contributed by atoms with Crippen LogP contribution in [0.3, 0.4) is 0 Å². The van der Waals surface area contributed by atoms with Crippen LogP contribution in [0.2, 0.25) is 0 Å². The van der Waals surface area contributed by atoms with Crippen molar-refractivity contribution >= 4 is 11.6 Å². The van der Waals surface area contributed by atoms with E-state index in [0.29, 0.717) is 23.6 Å². The van der Waals surface area contributed by atoms with Crippen LogP contribution in [0.4, 0.5) is 14.5 Å². The van der Waals surface area contributed by atoms with Gasteiger partial charge in [0.15, 0.2) is 11.5 Å². The van der Waals surface area contributed by atoms with E-state index < -0.39 is 12.3 Å². The van der Waals surface area contributed by atoms with E-state index >= 15 is 0 Å². The maximum atomic E-state index is 12.8. The van der Waals surface area contributed by atoms with Crippen LogP contribution in [0.5, 0.6) is 0 Å². The molecule has 0 atom stereocenters. The van der Waals surface area contributed by atoms with Gasteiger partial charge in [0.25, 0.3) is 12.3 Å². The number of alkyl halides is 2. The van der Waals surface area contributed by atoms with Crippen LogP contribution in [-0.4, -0.2) is 35.9 Å². The third kappa shape index (κ3) is 3.23. The van der Waals surface area contributed by atoms with Crippen LogP contribution in [0.15, 0.2) is 30.3 Å². The number of anilines is 1. The van der Waals surface area contributed by atoms with E-state index in [1.54, 1.807) is 24.3 Å². The van der Waals surface area contributed by atoms with Crippen LogP contribution in [-0.2, 0) is 13.5 Å². The molecule has 0 spiro atoms. The zero-order valence-electron chi connectivity index (χ0n) is 13.5. The molecule has 130 valence electrons. The number of nitrogens with one attached hydrogen (secondary N) is 1. The van der Waals surface area contributed by atoms with Gasteiger partial charge in [0, 0.05) is 13.5 Å². The molecule has 3 aromatic rings. The lowest BCUT2D eigenvalue weighted by Crippen LogP contribution is -2.15. The quantitative estimate of drug-likeness (QED) is 0.764. The Balaban J connectivity index is 1.91. The number of carbonyl (C=O) groups excluding carboxylic acids is 1. The number of amides is 1. The van der Waals surface area contributed by atoms with E-state index in [4.69, 9.17) is 0 Å². The fourth-order valence-electron chi connectivity index (χ4n) is 2.36. The first-order chi connectivity index (χ1) is 12.0. The van der Waals surface area contributed by atoms with Gasteiger partial charge in [0.1, 0.15) is 5.69 Å². The van der Waals surface area contributed by atoms with Crippen LogP contribution < -0.4 is 5.32 Å². The molecule has 1 aromatic carbocycles. The molecule has 0 saturated carbocycles. The molecule has 0 bridgehead atoms. The minimum atomic E-state index is -2.71. The zero-order valence-corrected chi connectivity index (χ0v) is 13.5. The van der Waals surface area contributed by atoms with Crippen molar-refractivity contribution in [1.29, 1.82) is 0 Å². The lowest BCUT2D eigenvalue weighted by Gasteiger charge is -2.10. The fraction of sp³-hybridized carbons (Fsp3) is 0.267. The van der Waals surface area contributed by atoms with Gasteiger partial charge < -0.3 is 5.32 Å². The number of hydrogen-bond donors (Lipinski definition) is 1. The molecule has 8 nitrogen and oxygen atoms in total. The van der Waals surface area contributed by atoms with Gasteiger partial charge in [-0.15, -0.1) is 5.10 Å². The normalized spacial score (nSPS) is 11.1. The standard InChI is InChI=1S/C15H15F2N7O/c1-3-13-19-21-22-24(13)11-7-5-4-6-9(11)18-15(25)10-8-12(14(16)17)23(2)20-10/h4-8,14H,3H2,1-2H3,(H,18,25). The molecule has 2 heterocycles. The third-order valence-corrected chi connectivity index (χ3v) is 3.60. The Morgan fingerprint density at radius 3 is 2.76 bits per heavy atom. The van der Waals surface area contributed by atoms with Crippen LogP contribution >= 0.6 is 0 Å². The number of rotatable bonds is 5. The predicted octanol–water partition coefficient (Wildman–Crippen LogP) is 2.15. The first-order valence-electron chi connectivity index (χ1n) is 7.51. The molecule has 1 N–H and O–H groups in total. The van der Waals surface area contributed by atoms with Crippen LogP contribution in [0, 0.1) is 0 Å². The topological polar surface area (TPSA) is 90.5 Å². The summed E-state index contributed by atoms with van der Waals surface area (Å²) in [5.41, 5.74) is 0.591. The van der Waals surface area contributed by atoms with Crippen molar-refractivity contribution in [2.45, 2.75) is 19.8 Å². The summed E-state index contributed by atoms with van der Waals surface area (Å²) in [6, 6.07) is 8.00. The maximum absolute atomic E-state index is 12.8. The monoisotopic (exact) mass is 347 g/mol. The minimum Gasteiger partial charge on any atom is -0.319 e. The molecule has 2 aromatic heterocycles. The summed E-state index contributed by atoms with van der Waals surface area (Å²) in [5, 5.41) is 18.0. The molecule has 1 amide bonds. The van der Waals surface area contributed by atoms with E-state index in [2.05, 4.69) is 25.9 Å². The molecule has 0 aliphatic carbocycles. The summed E-state index contributed by atoms with van der Waals surface area (Å²) in [7, 11) is 1.36. The Labute approximate surface area is 141 Å². The molecular weight excluding hydrogens is 332 g/mol. The van der Waals surface area contributed by atoms with Crippen molar-refractivity contribution in [2.24, 2.45) is 7.05 Å². The summed E-state index contributed by atoms with van der Waals surface area (Å²) >= 11 is 0. The number of para-hydroxylation sites is 2. The third-order valence-electron chi connectivity index (χ3n) is 3.60. The van der Waals surface area contributed by atoms with Crippen molar-refractivity contribution in [2.75, 3.05) is 5.32 Å².